The van der Waals surface area contributed by atoms with Crippen LogP contribution in [0, 0.1) is 0 Å². The van der Waals surface area contributed by atoms with Gasteiger partial charge in [-0.1, -0.05) is 0 Å². The topological polar surface area (TPSA) is 142 Å². The maximum Gasteiger partial charge on any atom is 0.371 e. The van der Waals surface area contributed by atoms with Gasteiger partial charge in [-0.05, 0) is 0 Å². The van der Waals surface area contributed by atoms with Gasteiger partial charge >= 0.3 is 12.3 Å². The van der Waals surface area contributed by atoms with E-state index < -0.39 is 49.6 Å². The van der Waals surface area contributed by atoms with Gasteiger partial charge < -0.3 is 29.9 Å². The molecule has 0 aromatic carbocycles. The zero-order chi connectivity index (χ0) is 12.6. The van der Waals surface area contributed by atoms with Crippen LogP contribution in [-0.2, 0) is 24.0 Å². The zero-order valence-corrected chi connectivity index (χ0v) is 8.50. The van der Waals surface area contributed by atoms with Crippen molar-refractivity contribution < 1.29 is 44.5 Å². The third-order valence-corrected chi connectivity index (χ3v) is 2.47. The molecule has 0 aliphatic carbocycles. The van der Waals surface area contributed by atoms with E-state index in [1.54, 1.807) is 0 Å². The smallest absolute Gasteiger partial charge is 0.371 e. The van der Waals surface area contributed by atoms with Crippen LogP contribution in [0.1, 0.15) is 0 Å². The van der Waals surface area contributed by atoms with Crippen molar-refractivity contribution >= 4 is 5.97 Å². The van der Waals surface area contributed by atoms with Gasteiger partial charge in [-0.2, -0.15) is 9.78 Å². The second-order valence-corrected chi connectivity index (χ2v) is 3.66. The fourth-order valence-electron chi connectivity index (χ4n) is 1.44. The van der Waals surface area contributed by atoms with E-state index in [1.165, 1.54) is 0 Å². The predicted molar refractivity (Wildman–Crippen MR) is 45.8 cm³/mol. The molecule has 0 bridgehead atoms. The summed E-state index contributed by atoms with van der Waals surface area (Å²) in [5.41, 5.74) is 0. The lowest BCUT2D eigenvalue weighted by Gasteiger charge is -2.38. The summed E-state index contributed by atoms with van der Waals surface area (Å²) in [6.07, 6.45) is -8.53. The van der Waals surface area contributed by atoms with Crippen LogP contribution in [0.4, 0.5) is 0 Å². The summed E-state index contributed by atoms with van der Waals surface area (Å²) < 4.78 is 9.55. The molecule has 0 radical (unpaired) electrons. The molecule has 0 aromatic heterocycles. The van der Waals surface area contributed by atoms with E-state index in [-0.39, 0.29) is 0 Å². The quantitative estimate of drug-likeness (QED) is 0.230. The molecule has 2 aliphatic heterocycles. The molecular weight excluding hydrogens is 240 g/mol. The van der Waals surface area contributed by atoms with E-state index in [2.05, 4.69) is 14.5 Å². The van der Waals surface area contributed by atoms with Crippen LogP contribution >= 0.6 is 0 Å². The van der Waals surface area contributed by atoms with Gasteiger partial charge in [0.2, 0.25) is 6.29 Å². The normalized spacial score (nSPS) is 42.2. The number of ether oxygens (including phenoxy) is 2. The van der Waals surface area contributed by atoms with Crippen molar-refractivity contribution in [3.63, 3.8) is 0 Å². The zero-order valence-electron chi connectivity index (χ0n) is 8.50. The standard InChI is InChI=1S/C8H12O9/c9-1-2-3(10)4(11)5(12)7(14-2)15-6(13)8-16-17-8/h2-5,7-12H,1H2/t2-,3-,4+,5-,7?/m1/s1. The van der Waals surface area contributed by atoms with Crippen LogP contribution in [0.15, 0.2) is 0 Å². The van der Waals surface area contributed by atoms with Gasteiger partial charge in [-0.15, -0.1) is 0 Å². The van der Waals surface area contributed by atoms with Gasteiger partial charge in [0.25, 0.3) is 0 Å². The highest BCUT2D eigenvalue weighted by Gasteiger charge is 2.47. The number of esters is 1. The SMILES string of the molecule is O=C(OC1O[C@H](CO)[C@@H](O)[C@H](O)[C@H]1O)C1OO1. The fourth-order valence-corrected chi connectivity index (χ4v) is 1.44. The van der Waals surface area contributed by atoms with Crippen molar-refractivity contribution in [3.05, 3.63) is 0 Å². The second kappa shape index (κ2) is 4.82. The van der Waals surface area contributed by atoms with Gasteiger partial charge in [0.15, 0.2) is 0 Å². The molecular formula is C8H12O9. The molecule has 17 heavy (non-hydrogen) atoms. The summed E-state index contributed by atoms with van der Waals surface area (Å²) in [6.45, 7) is -0.602. The maximum absolute atomic E-state index is 11.1. The molecule has 0 amide bonds. The number of hydrogen-bond donors (Lipinski definition) is 4. The van der Waals surface area contributed by atoms with Gasteiger partial charge in [0, 0.05) is 0 Å². The Morgan fingerprint density at radius 3 is 2.29 bits per heavy atom. The van der Waals surface area contributed by atoms with Crippen LogP contribution < -0.4 is 0 Å². The van der Waals surface area contributed by atoms with Gasteiger partial charge in [-0.25, -0.2) is 4.79 Å². The minimum absolute atomic E-state index is 0.602. The van der Waals surface area contributed by atoms with E-state index >= 15 is 0 Å². The fraction of sp³-hybridized carbons (Fsp3) is 0.875. The molecule has 98 valence electrons. The molecule has 4 N–H and O–H groups in total. The lowest BCUT2D eigenvalue weighted by atomic mass is 9.99. The number of aliphatic hydroxyl groups excluding tert-OH is 4. The highest BCUT2D eigenvalue weighted by molar-refractivity contribution is 5.74. The van der Waals surface area contributed by atoms with Crippen molar-refractivity contribution in [3.8, 4) is 0 Å². The Kier molecular flexibility index (Phi) is 3.58. The number of carbonyl (C=O) groups excluding carboxylic acids is 1. The van der Waals surface area contributed by atoms with E-state index in [0.717, 1.165) is 0 Å². The van der Waals surface area contributed by atoms with E-state index in [0.29, 0.717) is 0 Å². The summed E-state index contributed by atoms with van der Waals surface area (Å²) in [5, 5.41) is 37.2. The largest absolute Gasteiger partial charge is 0.429 e. The summed E-state index contributed by atoms with van der Waals surface area (Å²) in [7, 11) is 0. The predicted octanol–water partition coefficient (Wildman–Crippen LogP) is -3.38. The first-order valence-electron chi connectivity index (χ1n) is 4.87. The Morgan fingerprint density at radius 1 is 1.12 bits per heavy atom. The second-order valence-electron chi connectivity index (χ2n) is 3.66. The number of carbonyl (C=O) groups is 1. The monoisotopic (exact) mass is 252 g/mol. The first-order valence-corrected chi connectivity index (χ1v) is 4.87. The maximum atomic E-state index is 11.1. The number of hydrogen-bond acceptors (Lipinski definition) is 9. The number of aliphatic hydroxyl groups is 4. The van der Waals surface area contributed by atoms with Crippen LogP contribution in [0.5, 0.6) is 0 Å². The van der Waals surface area contributed by atoms with Crippen LogP contribution in [0.2, 0.25) is 0 Å². The lowest BCUT2D eigenvalue weighted by molar-refractivity contribution is -0.293. The Bertz CT molecular complexity index is 289. The molecule has 2 aliphatic rings. The Balaban J connectivity index is 1.97. The van der Waals surface area contributed by atoms with E-state index in [1.807, 2.05) is 0 Å². The van der Waals surface area contributed by atoms with Crippen molar-refractivity contribution in [1.82, 2.24) is 0 Å². The lowest BCUT2D eigenvalue weighted by Crippen LogP contribution is -2.59. The van der Waals surface area contributed by atoms with Crippen LogP contribution in [0.3, 0.4) is 0 Å². The van der Waals surface area contributed by atoms with Crippen LogP contribution in [0.25, 0.3) is 0 Å². The molecule has 9 heteroatoms. The van der Waals surface area contributed by atoms with Crippen molar-refractivity contribution in [1.29, 1.82) is 0 Å². The van der Waals surface area contributed by atoms with E-state index in [4.69, 9.17) is 9.84 Å². The van der Waals surface area contributed by atoms with Crippen molar-refractivity contribution in [2.45, 2.75) is 37.0 Å². The summed E-state index contributed by atoms with van der Waals surface area (Å²) in [6, 6.07) is 0. The molecule has 2 heterocycles. The molecule has 2 rings (SSSR count). The Hall–Kier alpha value is -0.810. The van der Waals surface area contributed by atoms with Gasteiger partial charge in [0.1, 0.15) is 24.4 Å². The van der Waals surface area contributed by atoms with E-state index in [9.17, 15) is 20.1 Å². The van der Waals surface area contributed by atoms with Crippen LogP contribution in [-0.4, -0.2) is 70.0 Å². The van der Waals surface area contributed by atoms with Crippen molar-refractivity contribution in [2.75, 3.05) is 6.61 Å². The minimum atomic E-state index is -1.63. The molecule has 2 saturated heterocycles. The number of rotatable bonds is 3. The van der Waals surface area contributed by atoms with Gasteiger partial charge in [-0.3, -0.25) is 0 Å². The molecule has 5 atom stereocenters. The molecule has 9 nitrogen and oxygen atoms in total. The average Bonchev–Trinajstić information content (AvgIpc) is 3.13. The molecule has 2 fully saturated rings. The first kappa shape index (κ1) is 12.6. The highest BCUT2D eigenvalue weighted by atomic mass is 17.4. The molecule has 1 unspecified atom stereocenters. The van der Waals surface area contributed by atoms with Gasteiger partial charge in [0.05, 0.1) is 6.61 Å². The molecule has 0 spiro atoms. The average molecular weight is 252 g/mol. The summed E-state index contributed by atoms with van der Waals surface area (Å²) >= 11 is 0. The summed E-state index contributed by atoms with van der Waals surface area (Å²) in [4.78, 5) is 19.5. The molecule has 0 aromatic rings. The highest BCUT2D eigenvalue weighted by Crippen LogP contribution is 2.24. The Morgan fingerprint density at radius 2 is 1.76 bits per heavy atom. The first-order chi connectivity index (χ1) is 8.04. The summed E-state index contributed by atoms with van der Waals surface area (Å²) in [5.74, 6) is -0.936. The minimum Gasteiger partial charge on any atom is -0.429 e. The third kappa shape index (κ3) is 2.55. The molecule has 0 saturated carbocycles. The third-order valence-electron chi connectivity index (χ3n) is 2.47. The van der Waals surface area contributed by atoms with Crippen molar-refractivity contribution in [2.24, 2.45) is 0 Å². The Labute approximate surface area is 95.0 Å².